The van der Waals surface area contributed by atoms with E-state index < -0.39 is 10.0 Å². The topological polar surface area (TPSA) is 101 Å². The third kappa shape index (κ3) is 4.18. The molecular formula is C17H17N3O4S2. The lowest BCUT2D eigenvalue weighted by Gasteiger charge is -2.10. The number of carbonyl (C=O) groups is 1. The highest BCUT2D eigenvalue weighted by atomic mass is 32.2. The first-order valence-corrected chi connectivity index (χ1v) is 10.1. The van der Waals surface area contributed by atoms with E-state index in [0.29, 0.717) is 16.5 Å². The molecule has 136 valence electrons. The Morgan fingerprint density at radius 2 is 1.92 bits per heavy atom. The van der Waals surface area contributed by atoms with Gasteiger partial charge in [-0.25, -0.2) is 18.1 Å². The number of hydrogen-bond donors (Lipinski definition) is 2. The number of sulfonamides is 1. The zero-order valence-corrected chi connectivity index (χ0v) is 15.7. The van der Waals surface area contributed by atoms with Crippen molar-refractivity contribution in [1.29, 1.82) is 0 Å². The zero-order valence-electron chi connectivity index (χ0n) is 14.1. The maximum atomic E-state index is 12.3. The van der Waals surface area contributed by atoms with Gasteiger partial charge in [-0.1, -0.05) is 0 Å². The lowest BCUT2D eigenvalue weighted by molar-refractivity contribution is 0.102. The number of carbonyl (C=O) groups excluding carboxylic acids is 1. The lowest BCUT2D eigenvalue weighted by atomic mass is 10.3. The van der Waals surface area contributed by atoms with E-state index in [2.05, 4.69) is 15.0 Å². The second-order valence-electron chi connectivity index (χ2n) is 5.77. The predicted octanol–water partition coefficient (Wildman–Crippen LogP) is 3.34. The molecule has 0 saturated heterocycles. The van der Waals surface area contributed by atoms with Crippen molar-refractivity contribution in [3.63, 3.8) is 0 Å². The molecular weight excluding hydrogens is 374 g/mol. The molecule has 0 unspecified atom stereocenters. The van der Waals surface area contributed by atoms with Crippen LogP contribution >= 0.6 is 11.3 Å². The molecule has 1 aromatic carbocycles. The second-order valence-corrected chi connectivity index (χ2v) is 8.34. The normalized spacial score (nSPS) is 11.7. The molecule has 0 fully saturated rings. The van der Waals surface area contributed by atoms with Crippen LogP contribution in [0.15, 0.2) is 57.4 Å². The molecule has 1 amide bonds. The summed E-state index contributed by atoms with van der Waals surface area (Å²) in [5, 5.41) is 4.95. The zero-order chi connectivity index (χ0) is 18.7. The van der Waals surface area contributed by atoms with Crippen molar-refractivity contribution >= 4 is 33.0 Å². The smallest absolute Gasteiger partial charge is 0.275 e. The number of amides is 1. The molecule has 9 heteroatoms. The first kappa shape index (κ1) is 18.3. The second kappa shape index (κ2) is 7.40. The molecule has 0 aliphatic heterocycles. The number of benzene rings is 1. The van der Waals surface area contributed by atoms with Gasteiger partial charge in [-0.15, -0.1) is 11.3 Å². The van der Waals surface area contributed by atoms with E-state index in [1.807, 2.05) is 0 Å². The number of rotatable bonds is 6. The van der Waals surface area contributed by atoms with Crippen LogP contribution in [0.4, 0.5) is 5.69 Å². The molecule has 7 nitrogen and oxygen atoms in total. The molecule has 3 aromatic rings. The third-order valence-corrected chi connectivity index (χ3v) is 5.81. The molecule has 0 aliphatic rings. The maximum Gasteiger partial charge on any atom is 0.275 e. The van der Waals surface area contributed by atoms with Crippen LogP contribution in [-0.4, -0.2) is 25.4 Å². The largest absolute Gasteiger partial charge is 0.462 e. The molecule has 0 bridgehead atoms. The van der Waals surface area contributed by atoms with Gasteiger partial charge < -0.3 is 9.73 Å². The quantitative estimate of drug-likeness (QED) is 0.671. The minimum absolute atomic E-state index is 0.137. The van der Waals surface area contributed by atoms with Crippen molar-refractivity contribution in [3.05, 3.63) is 53.7 Å². The van der Waals surface area contributed by atoms with Crippen LogP contribution < -0.4 is 10.0 Å². The summed E-state index contributed by atoms with van der Waals surface area (Å²) in [5.41, 5.74) is 0.741. The fraction of sp³-hybridized carbons (Fsp3) is 0.176. The molecule has 3 rings (SSSR count). The number of hydrogen-bond acceptors (Lipinski definition) is 6. The fourth-order valence-electron chi connectivity index (χ4n) is 2.18. The Morgan fingerprint density at radius 3 is 2.54 bits per heavy atom. The molecule has 2 N–H and O–H groups in total. The Morgan fingerprint density at radius 1 is 1.19 bits per heavy atom. The predicted molar refractivity (Wildman–Crippen MR) is 99.7 cm³/mol. The van der Waals surface area contributed by atoms with Crippen LogP contribution in [0.5, 0.6) is 0 Å². The maximum absolute atomic E-state index is 12.3. The summed E-state index contributed by atoms with van der Waals surface area (Å²) in [6.45, 7) is 3.49. The monoisotopic (exact) mass is 391 g/mol. The standard InChI is InChI=1S/C17H17N3O4S2/c1-11(2)20-26(22,23)13-7-5-12(6-8-13)18-16(21)14-10-25-17(19-14)15-4-3-9-24-15/h3-11,20H,1-2H3,(H,18,21). The highest BCUT2D eigenvalue weighted by molar-refractivity contribution is 7.89. The van der Waals surface area contributed by atoms with Gasteiger partial charge in [-0.3, -0.25) is 4.79 Å². The Bertz CT molecular complexity index is 991. The van der Waals surface area contributed by atoms with Crippen LogP contribution in [-0.2, 0) is 10.0 Å². The Balaban J connectivity index is 1.70. The van der Waals surface area contributed by atoms with E-state index in [1.165, 1.54) is 35.6 Å². The first-order chi connectivity index (χ1) is 12.3. The Kier molecular flexibility index (Phi) is 5.21. The van der Waals surface area contributed by atoms with E-state index in [4.69, 9.17) is 4.42 Å². The number of nitrogens with one attached hydrogen (secondary N) is 2. The van der Waals surface area contributed by atoms with Gasteiger partial charge in [0.2, 0.25) is 10.0 Å². The van der Waals surface area contributed by atoms with Crippen molar-refractivity contribution in [2.45, 2.75) is 24.8 Å². The molecule has 2 heterocycles. The summed E-state index contributed by atoms with van der Waals surface area (Å²) >= 11 is 1.30. The lowest BCUT2D eigenvalue weighted by Crippen LogP contribution is -2.30. The Labute approximate surface area is 155 Å². The Hall–Kier alpha value is -2.49. The summed E-state index contributed by atoms with van der Waals surface area (Å²) in [5.74, 6) is 0.219. The molecule has 0 saturated carbocycles. The van der Waals surface area contributed by atoms with Gasteiger partial charge in [0, 0.05) is 17.1 Å². The van der Waals surface area contributed by atoms with Gasteiger partial charge in [0.1, 0.15) is 5.69 Å². The summed E-state index contributed by atoms with van der Waals surface area (Å²) < 4.78 is 32.0. The minimum Gasteiger partial charge on any atom is -0.462 e. The van der Waals surface area contributed by atoms with E-state index in [1.54, 1.807) is 37.6 Å². The minimum atomic E-state index is -3.56. The summed E-state index contributed by atoms with van der Waals surface area (Å²) in [6, 6.07) is 9.27. The summed E-state index contributed by atoms with van der Waals surface area (Å²) in [4.78, 5) is 16.7. The van der Waals surface area contributed by atoms with Crippen LogP contribution in [0.1, 0.15) is 24.3 Å². The van der Waals surface area contributed by atoms with Crippen molar-refractivity contribution in [2.24, 2.45) is 0 Å². The van der Waals surface area contributed by atoms with Gasteiger partial charge >= 0.3 is 0 Å². The van der Waals surface area contributed by atoms with Gasteiger partial charge in [0.15, 0.2) is 10.8 Å². The van der Waals surface area contributed by atoms with Gasteiger partial charge in [0.05, 0.1) is 11.2 Å². The molecule has 0 radical (unpaired) electrons. The van der Waals surface area contributed by atoms with Crippen LogP contribution in [0, 0.1) is 0 Å². The number of anilines is 1. The molecule has 0 spiro atoms. The van der Waals surface area contributed by atoms with E-state index in [0.717, 1.165) is 0 Å². The molecule has 2 aromatic heterocycles. The molecule has 0 aliphatic carbocycles. The first-order valence-electron chi connectivity index (χ1n) is 7.78. The van der Waals surface area contributed by atoms with Crippen molar-refractivity contribution in [3.8, 4) is 10.8 Å². The van der Waals surface area contributed by atoms with Crippen LogP contribution in [0.3, 0.4) is 0 Å². The summed E-state index contributed by atoms with van der Waals surface area (Å²) in [7, 11) is -3.56. The van der Waals surface area contributed by atoms with E-state index in [9.17, 15) is 13.2 Å². The van der Waals surface area contributed by atoms with Crippen molar-refractivity contribution in [1.82, 2.24) is 9.71 Å². The number of furan rings is 1. The SMILES string of the molecule is CC(C)NS(=O)(=O)c1ccc(NC(=O)c2csc(-c3ccco3)n2)cc1. The third-order valence-electron chi connectivity index (χ3n) is 3.28. The number of aromatic nitrogens is 1. The highest BCUT2D eigenvalue weighted by Crippen LogP contribution is 2.24. The number of nitrogens with zero attached hydrogens (tertiary/aromatic N) is 1. The van der Waals surface area contributed by atoms with Crippen molar-refractivity contribution < 1.29 is 17.6 Å². The highest BCUT2D eigenvalue weighted by Gasteiger charge is 2.16. The van der Waals surface area contributed by atoms with Gasteiger partial charge in [-0.05, 0) is 50.2 Å². The average molecular weight is 391 g/mol. The average Bonchev–Trinajstić information content (AvgIpc) is 3.25. The van der Waals surface area contributed by atoms with Gasteiger partial charge in [-0.2, -0.15) is 0 Å². The fourth-order valence-corrected chi connectivity index (χ4v) is 4.20. The van der Waals surface area contributed by atoms with Gasteiger partial charge in [0.25, 0.3) is 5.91 Å². The molecule has 26 heavy (non-hydrogen) atoms. The summed E-state index contributed by atoms with van der Waals surface area (Å²) in [6.07, 6.45) is 1.54. The van der Waals surface area contributed by atoms with Crippen LogP contribution in [0.2, 0.25) is 0 Å². The van der Waals surface area contributed by atoms with Crippen LogP contribution in [0.25, 0.3) is 10.8 Å². The molecule has 0 atom stereocenters. The number of thiazole rings is 1. The van der Waals surface area contributed by atoms with Crippen molar-refractivity contribution in [2.75, 3.05) is 5.32 Å². The van der Waals surface area contributed by atoms with E-state index in [-0.39, 0.29) is 22.5 Å². The van der Waals surface area contributed by atoms with E-state index >= 15 is 0 Å².